The minimum Gasteiger partial charge on any atom is -0.304 e. The Morgan fingerprint density at radius 3 is 1.97 bits per heavy atom. The quantitative estimate of drug-likeness (QED) is 0.295. The maximum absolute atomic E-state index is 13.5. The smallest absolute Gasteiger partial charge is 0.304 e. The summed E-state index contributed by atoms with van der Waals surface area (Å²) in [6.45, 7) is 12.4. The summed E-state index contributed by atoms with van der Waals surface area (Å²) in [6, 6.07) is 18.8. The van der Waals surface area contributed by atoms with Gasteiger partial charge in [0, 0.05) is 11.4 Å². The SMILES string of the molecule is [C-]#[N+]c1ccc(N2C(=O)C(C)(C)N(c3ccc(-c4ccc(C)cc4)cc3)C2=S)cc1C(F)(F)F. The molecular formula is C26H20F3N3OS. The number of anilines is 2. The molecule has 34 heavy (non-hydrogen) atoms. The Hall–Kier alpha value is -3.70. The van der Waals surface area contributed by atoms with Crippen molar-refractivity contribution in [2.24, 2.45) is 0 Å². The van der Waals surface area contributed by atoms with E-state index in [0.717, 1.165) is 33.7 Å². The molecule has 3 aromatic carbocycles. The lowest BCUT2D eigenvalue weighted by Gasteiger charge is -2.29. The molecule has 0 aromatic heterocycles. The first-order chi connectivity index (χ1) is 15.9. The van der Waals surface area contributed by atoms with E-state index >= 15 is 0 Å². The van der Waals surface area contributed by atoms with Gasteiger partial charge in [0.15, 0.2) is 10.8 Å². The molecule has 1 aliphatic rings. The van der Waals surface area contributed by atoms with Crippen molar-refractivity contribution in [1.82, 2.24) is 0 Å². The van der Waals surface area contributed by atoms with Crippen molar-refractivity contribution in [3.63, 3.8) is 0 Å². The molecule has 1 amide bonds. The normalized spacial score (nSPS) is 15.6. The zero-order valence-corrected chi connectivity index (χ0v) is 19.5. The van der Waals surface area contributed by atoms with E-state index in [2.05, 4.69) is 4.85 Å². The molecule has 0 N–H and O–H groups in total. The highest BCUT2D eigenvalue weighted by Crippen LogP contribution is 2.42. The number of rotatable bonds is 3. The van der Waals surface area contributed by atoms with Crippen molar-refractivity contribution in [2.45, 2.75) is 32.5 Å². The van der Waals surface area contributed by atoms with Crippen LogP contribution in [-0.2, 0) is 11.0 Å². The molecule has 1 fully saturated rings. The summed E-state index contributed by atoms with van der Waals surface area (Å²) in [5.41, 5.74) is 1.04. The minimum absolute atomic E-state index is 0.0263. The van der Waals surface area contributed by atoms with Crippen molar-refractivity contribution >= 4 is 40.3 Å². The molecule has 0 unspecified atom stereocenters. The van der Waals surface area contributed by atoms with Crippen LogP contribution in [0.1, 0.15) is 25.0 Å². The summed E-state index contributed by atoms with van der Waals surface area (Å²) in [6.07, 6.45) is -4.73. The summed E-state index contributed by atoms with van der Waals surface area (Å²) < 4.78 is 40.5. The lowest BCUT2D eigenvalue weighted by Crippen LogP contribution is -2.44. The number of carbonyl (C=O) groups is 1. The van der Waals surface area contributed by atoms with Gasteiger partial charge in [-0.15, -0.1) is 0 Å². The fraction of sp³-hybridized carbons (Fsp3) is 0.192. The van der Waals surface area contributed by atoms with Crippen molar-refractivity contribution in [3.8, 4) is 11.1 Å². The van der Waals surface area contributed by atoms with Crippen LogP contribution >= 0.6 is 12.2 Å². The maximum atomic E-state index is 13.5. The Kier molecular flexibility index (Phi) is 5.70. The number of aryl methyl sites for hydroxylation is 1. The lowest BCUT2D eigenvalue weighted by molar-refractivity contribution is -0.136. The molecule has 3 aromatic rings. The molecule has 1 heterocycles. The predicted molar refractivity (Wildman–Crippen MR) is 131 cm³/mol. The Bertz CT molecular complexity index is 1320. The van der Waals surface area contributed by atoms with Crippen LogP contribution in [0, 0.1) is 13.5 Å². The number of hydrogen-bond acceptors (Lipinski definition) is 2. The van der Waals surface area contributed by atoms with E-state index in [1.807, 2.05) is 55.5 Å². The second-order valence-electron chi connectivity index (χ2n) is 8.54. The molecule has 0 aliphatic carbocycles. The molecule has 4 nitrogen and oxygen atoms in total. The molecule has 0 spiro atoms. The molecule has 1 saturated heterocycles. The van der Waals surface area contributed by atoms with E-state index in [0.29, 0.717) is 5.69 Å². The van der Waals surface area contributed by atoms with E-state index in [-0.39, 0.29) is 10.8 Å². The van der Waals surface area contributed by atoms with Crippen LogP contribution in [0.4, 0.5) is 30.2 Å². The molecule has 0 bridgehead atoms. The molecule has 8 heteroatoms. The Morgan fingerprint density at radius 2 is 1.44 bits per heavy atom. The van der Waals surface area contributed by atoms with Crippen LogP contribution in [0.3, 0.4) is 0 Å². The average molecular weight is 480 g/mol. The molecule has 0 radical (unpaired) electrons. The zero-order chi connectivity index (χ0) is 24.8. The van der Waals surface area contributed by atoms with Gasteiger partial charge in [-0.1, -0.05) is 48.0 Å². The third-order valence-electron chi connectivity index (χ3n) is 5.84. The maximum Gasteiger partial charge on any atom is 0.407 e. The molecule has 1 aliphatic heterocycles. The topological polar surface area (TPSA) is 27.9 Å². The number of halogens is 3. The highest BCUT2D eigenvalue weighted by molar-refractivity contribution is 7.81. The van der Waals surface area contributed by atoms with Crippen LogP contribution in [0.25, 0.3) is 16.0 Å². The molecule has 0 saturated carbocycles. The lowest BCUT2D eigenvalue weighted by atomic mass is 10.0. The summed E-state index contributed by atoms with van der Waals surface area (Å²) in [7, 11) is 0. The molecular weight excluding hydrogens is 459 g/mol. The van der Waals surface area contributed by atoms with Crippen LogP contribution in [0.2, 0.25) is 0 Å². The van der Waals surface area contributed by atoms with Gasteiger partial charge in [0.05, 0.1) is 12.1 Å². The highest BCUT2D eigenvalue weighted by Gasteiger charge is 2.50. The second-order valence-corrected chi connectivity index (χ2v) is 8.91. The first-order valence-corrected chi connectivity index (χ1v) is 10.8. The van der Waals surface area contributed by atoms with E-state index in [1.165, 1.54) is 6.07 Å². The van der Waals surface area contributed by atoms with Crippen molar-refractivity contribution in [1.29, 1.82) is 0 Å². The van der Waals surface area contributed by atoms with Gasteiger partial charge in [-0.25, -0.2) is 4.85 Å². The zero-order valence-electron chi connectivity index (χ0n) is 18.6. The third kappa shape index (κ3) is 3.93. The van der Waals surface area contributed by atoms with Gasteiger partial charge in [0.1, 0.15) is 5.54 Å². The predicted octanol–water partition coefficient (Wildman–Crippen LogP) is 7.15. The van der Waals surface area contributed by atoms with Crippen LogP contribution < -0.4 is 9.80 Å². The summed E-state index contributed by atoms with van der Waals surface area (Å²) in [5.74, 6) is -0.455. The Labute approximate surface area is 201 Å². The van der Waals surface area contributed by atoms with Gasteiger partial charge in [-0.3, -0.25) is 9.69 Å². The van der Waals surface area contributed by atoms with Gasteiger partial charge in [0.2, 0.25) is 0 Å². The van der Waals surface area contributed by atoms with Gasteiger partial charge >= 0.3 is 6.18 Å². The van der Waals surface area contributed by atoms with E-state index in [1.54, 1.807) is 18.7 Å². The summed E-state index contributed by atoms with van der Waals surface area (Å²) in [5, 5.41) is 0.0711. The fourth-order valence-corrected chi connectivity index (χ4v) is 4.51. The highest BCUT2D eigenvalue weighted by atomic mass is 32.1. The number of amides is 1. The van der Waals surface area contributed by atoms with Gasteiger partial charge in [0.25, 0.3) is 5.91 Å². The molecule has 4 rings (SSSR count). The van der Waals surface area contributed by atoms with Crippen molar-refractivity contribution < 1.29 is 18.0 Å². The number of nitrogens with zero attached hydrogens (tertiary/aromatic N) is 3. The first kappa shape index (κ1) is 23.5. The van der Waals surface area contributed by atoms with Crippen LogP contribution in [0.15, 0.2) is 66.7 Å². The summed E-state index contributed by atoms with van der Waals surface area (Å²) >= 11 is 5.58. The van der Waals surface area contributed by atoms with Crippen molar-refractivity contribution in [2.75, 3.05) is 9.80 Å². The standard InChI is InChI=1S/C26H20F3N3OS/c1-16-5-7-17(8-6-16)18-9-11-19(12-10-18)32-24(34)31(23(33)25(32,2)3)20-13-14-22(30-4)21(15-20)26(27,28)29/h5-15H,1-3H3. The number of alkyl halides is 3. The van der Waals surface area contributed by atoms with E-state index in [9.17, 15) is 18.0 Å². The number of thiocarbonyl (C=S) groups is 1. The number of hydrogen-bond donors (Lipinski definition) is 0. The Morgan fingerprint density at radius 1 is 0.912 bits per heavy atom. The second kappa shape index (κ2) is 8.26. The van der Waals surface area contributed by atoms with Gasteiger partial charge in [-0.05, 0) is 68.4 Å². The number of carbonyl (C=O) groups excluding carboxylic acids is 1. The van der Waals surface area contributed by atoms with E-state index < -0.39 is 28.9 Å². The minimum atomic E-state index is -4.73. The molecule has 172 valence electrons. The van der Waals surface area contributed by atoms with Crippen molar-refractivity contribution in [3.05, 3.63) is 89.3 Å². The monoisotopic (exact) mass is 479 g/mol. The fourth-order valence-electron chi connectivity index (χ4n) is 3.99. The van der Waals surface area contributed by atoms with Crippen LogP contribution in [-0.4, -0.2) is 16.6 Å². The van der Waals surface area contributed by atoms with E-state index in [4.69, 9.17) is 18.8 Å². The van der Waals surface area contributed by atoms with Gasteiger partial charge < -0.3 is 4.90 Å². The van der Waals surface area contributed by atoms with Gasteiger partial charge in [-0.2, -0.15) is 13.2 Å². The first-order valence-electron chi connectivity index (χ1n) is 10.4. The largest absolute Gasteiger partial charge is 0.407 e. The average Bonchev–Trinajstić information content (AvgIpc) is 2.97. The third-order valence-corrected chi connectivity index (χ3v) is 6.21. The summed E-state index contributed by atoms with van der Waals surface area (Å²) in [4.78, 5) is 19.0. The Balaban J connectivity index is 1.72. The van der Waals surface area contributed by atoms with Crippen LogP contribution in [0.5, 0.6) is 0 Å². The molecule has 0 atom stereocenters. The number of benzene rings is 3.